The van der Waals surface area contributed by atoms with Crippen molar-refractivity contribution in [1.82, 2.24) is 14.9 Å². The van der Waals surface area contributed by atoms with Crippen LogP contribution in [0.5, 0.6) is 0 Å². The molecule has 1 atom stereocenters. The minimum atomic E-state index is -0.950. The van der Waals surface area contributed by atoms with E-state index in [1.165, 1.54) is 6.07 Å². The molecule has 1 N–H and O–H groups in total. The summed E-state index contributed by atoms with van der Waals surface area (Å²) in [6.45, 7) is 4.23. The summed E-state index contributed by atoms with van der Waals surface area (Å²) in [4.78, 5) is 24.1. The predicted molar refractivity (Wildman–Crippen MR) is 115 cm³/mol. The van der Waals surface area contributed by atoms with Crippen LogP contribution in [-0.4, -0.2) is 27.3 Å². The van der Waals surface area contributed by atoms with Gasteiger partial charge in [0.2, 0.25) is 5.91 Å². The van der Waals surface area contributed by atoms with E-state index in [2.05, 4.69) is 15.3 Å². The summed E-state index contributed by atoms with van der Waals surface area (Å²) < 4.78 is 14.4. The number of nitrogens with one attached hydrogen (secondary N) is 1. The van der Waals surface area contributed by atoms with Gasteiger partial charge in [0.25, 0.3) is 0 Å². The average molecular weight is 404 g/mol. The lowest BCUT2D eigenvalue weighted by Crippen LogP contribution is -2.43. The third-order valence-corrected chi connectivity index (χ3v) is 5.66. The van der Waals surface area contributed by atoms with E-state index in [1.54, 1.807) is 44.4 Å². The fraction of sp³-hybridized carbons (Fsp3) is 0.292. The summed E-state index contributed by atoms with van der Waals surface area (Å²) in [7, 11) is 0. The van der Waals surface area contributed by atoms with Crippen LogP contribution in [0.1, 0.15) is 44.0 Å². The van der Waals surface area contributed by atoms with Gasteiger partial charge in [-0.2, -0.15) is 0 Å². The van der Waals surface area contributed by atoms with Crippen molar-refractivity contribution in [1.29, 1.82) is 0 Å². The van der Waals surface area contributed by atoms with Crippen molar-refractivity contribution < 1.29 is 9.18 Å². The minimum absolute atomic E-state index is 0.0763. The first-order valence-electron chi connectivity index (χ1n) is 10.2. The Morgan fingerprint density at radius 3 is 2.60 bits per heavy atom. The number of benzene rings is 1. The van der Waals surface area contributed by atoms with Crippen LogP contribution in [0.3, 0.4) is 0 Å². The first-order chi connectivity index (χ1) is 14.5. The van der Waals surface area contributed by atoms with Crippen LogP contribution in [-0.2, 0) is 10.2 Å². The molecule has 1 aliphatic heterocycles. The number of likely N-dealkylation sites (tertiary alicyclic amines) is 1. The van der Waals surface area contributed by atoms with Gasteiger partial charge in [0.1, 0.15) is 11.6 Å². The first-order valence-corrected chi connectivity index (χ1v) is 10.2. The topological polar surface area (TPSA) is 58.1 Å². The minimum Gasteiger partial charge on any atom is -0.339 e. The number of rotatable bonds is 5. The molecule has 4 rings (SSSR count). The van der Waals surface area contributed by atoms with Crippen molar-refractivity contribution in [3.05, 3.63) is 84.1 Å². The van der Waals surface area contributed by atoms with Crippen LogP contribution in [0.15, 0.2) is 67.0 Å². The Balaban J connectivity index is 1.53. The molecule has 0 radical (unpaired) electrons. The van der Waals surface area contributed by atoms with Crippen molar-refractivity contribution in [2.45, 2.75) is 38.1 Å². The van der Waals surface area contributed by atoms with Gasteiger partial charge in [-0.25, -0.2) is 9.37 Å². The molecule has 0 aliphatic carbocycles. The van der Waals surface area contributed by atoms with Crippen LogP contribution < -0.4 is 5.32 Å². The Morgan fingerprint density at radius 1 is 1.10 bits per heavy atom. The van der Waals surface area contributed by atoms with Gasteiger partial charge < -0.3 is 10.2 Å². The molecule has 1 fully saturated rings. The zero-order valence-electron chi connectivity index (χ0n) is 17.2. The Morgan fingerprint density at radius 2 is 1.90 bits per heavy atom. The third-order valence-electron chi connectivity index (χ3n) is 5.66. The predicted octanol–water partition coefficient (Wildman–Crippen LogP) is 5.00. The second-order valence-corrected chi connectivity index (χ2v) is 8.07. The lowest BCUT2D eigenvalue weighted by atomic mass is 9.82. The van der Waals surface area contributed by atoms with Gasteiger partial charge in [-0.15, -0.1) is 0 Å². The monoisotopic (exact) mass is 404 g/mol. The zero-order chi connectivity index (χ0) is 21.1. The standard InChI is InChI=1S/C24H25FN4O/c1-24(2,18-8-3-4-9-19(18)25)23(30)29-15-7-10-21(29)20-13-12-17(16-27-20)28-22-11-5-6-14-26-22/h3-6,8-9,11-14,16,21H,7,10,15H2,1-2H3,(H,26,28). The highest BCUT2D eigenvalue weighted by Gasteiger charge is 2.40. The number of halogens is 1. The number of amides is 1. The van der Waals surface area contributed by atoms with Gasteiger partial charge in [-0.3, -0.25) is 9.78 Å². The van der Waals surface area contributed by atoms with Crippen LogP contribution in [0.2, 0.25) is 0 Å². The summed E-state index contributed by atoms with van der Waals surface area (Å²) in [5.74, 6) is 0.318. The molecule has 3 heterocycles. The largest absolute Gasteiger partial charge is 0.339 e. The van der Waals surface area contributed by atoms with Crippen molar-refractivity contribution in [3.8, 4) is 0 Å². The fourth-order valence-electron chi connectivity index (χ4n) is 4.02. The van der Waals surface area contributed by atoms with E-state index < -0.39 is 5.41 Å². The molecule has 1 amide bonds. The Hall–Kier alpha value is -3.28. The first kappa shape index (κ1) is 20.0. The maximum Gasteiger partial charge on any atom is 0.233 e. The molecule has 1 aliphatic rings. The summed E-state index contributed by atoms with van der Waals surface area (Å²) in [5, 5.41) is 3.21. The smallest absolute Gasteiger partial charge is 0.233 e. The molecule has 30 heavy (non-hydrogen) atoms. The molecule has 0 saturated carbocycles. The van der Waals surface area contributed by atoms with E-state index >= 15 is 0 Å². The lowest BCUT2D eigenvalue weighted by Gasteiger charge is -2.33. The van der Waals surface area contributed by atoms with Gasteiger partial charge in [0.15, 0.2) is 0 Å². The second-order valence-electron chi connectivity index (χ2n) is 8.07. The highest BCUT2D eigenvalue weighted by Crippen LogP contribution is 2.37. The van der Waals surface area contributed by atoms with E-state index in [9.17, 15) is 9.18 Å². The molecule has 0 bridgehead atoms. The Kier molecular flexibility index (Phi) is 5.48. The van der Waals surface area contributed by atoms with E-state index in [0.717, 1.165) is 30.0 Å². The van der Waals surface area contributed by atoms with Gasteiger partial charge in [-0.1, -0.05) is 24.3 Å². The molecule has 154 valence electrons. The van der Waals surface area contributed by atoms with Gasteiger partial charge in [0.05, 0.1) is 29.0 Å². The van der Waals surface area contributed by atoms with E-state index in [1.807, 2.05) is 35.2 Å². The highest BCUT2D eigenvalue weighted by molar-refractivity contribution is 5.88. The molecule has 5 nitrogen and oxygen atoms in total. The number of anilines is 2. The number of carbonyl (C=O) groups excluding carboxylic acids is 1. The summed E-state index contributed by atoms with van der Waals surface area (Å²) in [6.07, 6.45) is 5.23. The number of carbonyl (C=O) groups is 1. The number of pyridine rings is 2. The number of hydrogen-bond donors (Lipinski definition) is 1. The summed E-state index contributed by atoms with van der Waals surface area (Å²) in [5.41, 5.74) is 1.15. The summed E-state index contributed by atoms with van der Waals surface area (Å²) >= 11 is 0. The van der Waals surface area contributed by atoms with Crippen LogP contribution in [0, 0.1) is 5.82 Å². The maximum atomic E-state index is 14.4. The number of nitrogens with zero attached hydrogens (tertiary/aromatic N) is 3. The average Bonchev–Trinajstić information content (AvgIpc) is 3.24. The molecule has 6 heteroatoms. The van der Waals surface area contributed by atoms with Crippen molar-refractivity contribution >= 4 is 17.4 Å². The van der Waals surface area contributed by atoms with Crippen LogP contribution >= 0.6 is 0 Å². The van der Waals surface area contributed by atoms with E-state index in [0.29, 0.717) is 12.1 Å². The van der Waals surface area contributed by atoms with Gasteiger partial charge in [0, 0.05) is 18.3 Å². The van der Waals surface area contributed by atoms with Crippen molar-refractivity contribution in [2.24, 2.45) is 0 Å². The number of aromatic nitrogens is 2. The third kappa shape index (κ3) is 3.90. The molecule has 1 saturated heterocycles. The molecule has 3 aromatic rings. The summed E-state index contributed by atoms with van der Waals surface area (Å²) in [6, 6.07) is 15.9. The quantitative estimate of drug-likeness (QED) is 0.650. The molecule has 1 aromatic carbocycles. The van der Waals surface area contributed by atoms with Crippen LogP contribution in [0.25, 0.3) is 0 Å². The van der Waals surface area contributed by atoms with Gasteiger partial charge in [-0.05, 0) is 57.0 Å². The second kappa shape index (κ2) is 8.22. The maximum absolute atomic E-state index is 14.4. The Labute approximate surface area is 176 Å². The fourth-order valence-corrected chi connectivity index (χ4v) is 4.02. The molecule has 2 aromatic heterocycles. The SMILES string of the molecule is CC(C)(C(=O)N1CCCC1c1ccc(Nc2ccccn2)cn1)c1ccccc1F. The van der Waals surface area contributed by atoms with E-state index in [-0.39, 0.29) is 17.8 Å². The molecular weight excluding hydrogens is 379 g/mol. The zero-order valence-corrected chi connectivity index (χ0v) is 17.2. The van der Waals surface area contributed by atoms with Crippen LogP contribution in [0.4, 0.5) is 15.9 Å². The van der Waals surface area contributed by atoms with E-state index in [4.69, 9.17) is 0 Å². The molecule has 0 spiro atoms. The highest BCUT2D eigenvalue weighted by atomic mass is 19.1. The normalized spacial score (nSPS) is 16.5. The number of hydrogen-bond acceptors (Lipinski definition) is 4. The van der Waals surface area contributed by atoms with Crippen molar-refractivity contribution in [3.63, 3.8) is 0 Å². The molecule has 1 unspecified atom stereocenters. The van der Waals surface area contributed by atoms with Crippen molar-refractivity contribution in [2.75, 3.05) is 11.9 Å². The lowest BCUT2D eigenvalue weighted by molar-refractivity contribution is -0.137. The Bertz CT molecular complexity index is 1020. The van der Waals surface area contributed by atoms with Gasteiger partial charge >= 0.3 is 0 Å². The molecular formula is C24H25FN4O.